The summed E-state index contributed by atoms with van der Waals surface area (Å²) >= 11 is 0. The van der Waals surface area contributed by atoms with Gasteiger partial charge in [0.2, 0.25) is 5.91 Å². The molecule has 3 aliphatic rings. The van der Waals surface area contributed by atoms with Crippen LogP contribution in [0.1, 0.15) is 43.5 Å². The summed E-state index contributed by atoms with van der Waals surface area (Å²) in [5, 5.41) is 13.4. The number of piperazine rings is 1. The number of fused-ring (bicyclic) bond motifs is 3. The number of ether oxygens (including phenoxy) is 1. The number of carbonyl (C=O) groups excluding carboxylic acids is 1. The summed E-state index contributed by atoms with van der Waals surface area (Å²) in [6.07, 6.45) is 6.24. The Labute approximate surface area is 198 Å². The van der Waals surface area contributed by atoms with E-state index in [1.165, 1.54) is 0 Å². The molecule has 2 bridgehead atoms. The van der Waals surface area contributed by atoms with Gasteiger partial charge in [0.1, 0.15) is 30.9 Å². The van der Waals surface area contributed by atoms with Crippen molar-refractivity contribution < 1.29 is 9.53 Å². The fraction of sp³-hybridized carbons (Fsp3) is 0.480. The Kier molecular flexibility index (Phi) is 5.18. The van der Waals surface area contributed by atoms with Crippen molar-refractivity contribution in [2.24, 2.45) is 11.8 Å². The van der Waals surface area contributed by atoms with Crippen LogP contribution in [0.3, 0.4) is 0 Å². The van der Waals surface area contributed by atoms with Crippen molar-refractivity contribution in [3.05, 3.63) is 54.1 Å². The van der Waals surface area contributed by atoms with Crippen molar-refractivity contribution in [2.75, 3.05) is 24.6 Å². The van der Waals surface area contributed by atoms with Crippen molar-refractivity contribution in [3.8, 4) is 6.07 Å². The number of carbonyl (C=O) groups is 1. The van der Waals surface area contributed by atoms with E-state index in [1.54, 1.807) is 12.5 Å². The van der Waals surface area contributed by atoms with Crippen LogP contribution >= 0.6 is 0 Å². The van der Waals surface area contributed by atoms with Crippen LogP contribution in [0.5, 0.6) is 0 Å². The Balaban J connectivity index is 1.15. The highest BCUT2D eigenvalue weighted by molar-refractivity contribution is 5.78. The quantitative estimate of drug-likeness (QED) is 0.561. The minimum Gasteiger partial charge on any atom is -0.362 e. The zero-order valence-electron chi connectivity index (χ0n) is 19.1. The van der Waals surface area contributed by atoms with Crippen LogP contribution in [0, 0.1) is 23.2 Å². The first-order valence-corrected chi connectivity index (χ1v) is 11.9. The van der Waals surface area contributed by atoms with Crippen molar-refractivity contribution in [1.29, 1.82) is 5.26 Å². The lowest BCUT2D eigenvalue weighted by atomic mass is 10.0. The third-order valence-electron chi connectivity index (χ3n) is 7.44. The van der Waals surface area contributed by atoms with Crippen molar-refractivity contribution in [1.82, 2.24) is 24.5 Å². The number of pyridine rings is 2. The molecule has 1 saturated carbocycles. The Hall–Kier alpha value is -3.51. The number of amides is 1. The van der Waals surface area contributed by atoms with Crippen LogP contribution in [0.2, 0.25) is 0 Å². The van der Waals surface area contributed by atoms with Gasteiger partial charge in [-0.1, -0.05) is 13.0 Å². The molecule has 0 N–H and O–H groups in total. The molecule has 2 saturated heterocycles. The molecule has 4 atom stereocenters. The molecule has 1 amide bonds. The number of hydrogen-bond acceptors (Lipinski definition) is 7. The molecule has 3 fully saturated rings. The second-order valence-corrected chi connectivity index (χ2v) is 9.71. The first kappa shape index (κ1) is 21.1. The molecular weight excluding hydrogens is 430 g/mol. The van der Waals surface area contributed by atoms with E-state index in [0.29, 0.717) is 30.5 Å². The second kappa shape index (κ2) is 8.37. The fourth-order valence-corrected chi connectivity index (χ4v) is 5.59. The first-order valence-electron chi connectivity index (χ1n) is 11.9. The Morgan fingerprint density at radius 2 is 2.12 bits per heavy atom. The number of aromatic nitrogens is 4. The third-order valence-corrected chi connectivity index (χ3v) is 7.44. The van der Waals surface area contributed by atoms with Crippen LogP contribution in [0.4, 0.5) is 5.82 Å². The van der Waals surface area contributed by atoms with Gasteiger partial charge in [0.15, 0.2) is 5.65 Å². The van der Waals surface area contributed by atoms with E-state index in [2.05, 4.69) is 33.0 Å². The number of rotatable bonds is 6. The van der Waals surface area contributed by atoms with E-state index < -0.39 is 0 Å². The lowest BCUT2D eigenvalue weighted by Gasteiger charge is -2.42. The molecule has 9 nitrogen and oxygen atoms in total. The molecule has 3 unspecified atom stereocenters. The highest BCUT2D eigenvalue weighted by Crippen LogP contribution is 2.43. The van der Waals surface area contributed by atoms with Gasteiger partial charge in [-0.25, -0.2) is 14.5 Å². The predicted molar refractivity (Wildman–Crippen MR) is 124 cm³/mol. The van der Waals surface area contributed by atoms with E-state index in [-0.39, 0.29) is 30.7 Å². The summed E-state index contributed by atoms with van der Waals surface area (Å²) in [4.78, 5) is 26.3. The molecule has 9 heteroatoms. The largest absolute Gasteiger partial charge is 0.362 e. The van der Waals surface area contributed by atoms with E-state index in [1.807, 2.05) is 39.7 Å². The Morgan fingerprint density at radius 3 is 2.85 bits per heavy atom. The molecule has 34 heavy (non-hydrogen) atoms. The molecule has 1 aliphatic carbocycles. The van der Waals surface area contributed by atoms with Gasteiger partial charge in [0.25, 0.3) is 0 Å². The summed E-state index contributed by atoms with van der Waals surface area (Å²) in [6, 6.07) is 12.2. The number of hydrogen-bond donors (Lipinski definition) is 0. The Morgan fingerprint density at radius 1 is 1.24 bits per heavy atom. The van der Waals surface area contributed by atoms with E-state index in [0.717, 1.165) is 36.4 Å². The molecular formula is C25H27N7O2. The lowest BCUT2D eigenvalue weighted by Crippen LogP contribution is -2.57. The average molecular weight is 458 g/mol. The minimum absolute atomic E-state index is 0.0351. The molecule has 174 valence electrons. The molecule has 0 spiro atoms. The standard InChI is InChI=1S/C25H27N7O2/c1-16-9-19-12-30(13-21(16)31(19)22-8-5-17(10-26)11-27-22)24(33)14-34-25(18-6-7-18)20-3-2-4-23-28-15-29-32(20)23/h2-5,8,11,15-16,18-19,21,25H,6-7,9,12-14H2,1H3/t16-,19?,21?,25?/m0/s1. The fourth-order valence-electron chi connectivity index (χ4n) is 5.59. The monoisotopic (exact) mass is 457 g/mol. The molecule has 0 aromatic carbocycles. The zero-order chi connectivity index (χ0) is 23.2. The topological polar surface area (TPSA) is 99.7 Å². The number of anilines is 1. The van der Waals surface area contributed by atoms with E-state index in [4.69, 9.17) is 10.00 Å². The predicted octanol–water partition coefficient (Wildman–Crippen LogP) is 2.59. The van der Waals surface area contributed by atoms with Gasteiger partial charge < -0.3 is 14.5 Å². The summed E-state index contributed by atoms with van der Waals surface area (Å²) in [7, 11) is 0. The third kappa shape index (κ3) is 3.68. The van der Waals surface area contributed by atoms with Crippen LogP contribution < -0.4 is 4.90 Å². The summed E-state index contributed by atoms with van der Waals surface area (Å²) in [5.74, 6) is 1.80. The van der Waals surface area contributed by atoms with Crippen LogP contribution in [-0.4, -0.2) is 62.2 Å². The van der Waals surface area contributed by atoms with Crippen molar-refractivity contribution in [3.63, 3.8) is 0 Å². The average Bonchev–Trinajstić information content (AvgIpc) is 3.54. The number of nitrogens with zero attached hydrogens (tertiary/aromatic N) is 7. The van der Waals surface area contributed by atoms with Gasteiger partial charge in [-0.05, 0) is 55.4 Å². The van der Waals surface area contributed by atoms with E-state index >= 15 is 0 Å². The number of likely N-dealkylation sites (tertiary alicyclic amines) is 1. The maximum Gasteiger partial charge on any atom is 0.248 e. The zero-order valence-corrected chi connectivity index (χ0v) is 19.1. The normalized spacial score (nSPS) is 24.9. The second-order valence-electron chi connectivity index (χ2n) is 9.71. The summed E-state index contributed by atoms with van der Waals surface area (Å²) in [5.41, 5.74) is 2.30. The first-order chi connectivity index (χ1) is 16.6. The molecule has 6 rings (SSSR count). The maximum absolute atomic E-state index is 13.2. The highest BCUT2D eigenvalue weighted by Gasteiger charge is 2.46. The van der Waals surface area contributed by atoms with Gasteiger partial charge in [-0.15, -0.1) is 0 Å². The van der Waals surface area contributed by atoms with Gasteiger partial charge in [0, 0.05) is 25.3 Å². The van der Waals surface area contributed by atoms with Crippen molar-refractivity contribution in [2.45, 2.75) is 44.4 Å². The lowest BCUT2D eigenvalue weighted by molar-refractivity contribution is -0.140. The molecule has 3 aromatic rings. The highest BCUT2D eigenvalue weighted by atomic mass is 16.5. The number of nitriles is 1. The van der Waals surface area contributed by atoms with Gasteiger partial charge in [-0.2, -0.15) is 10.4 Å². The van der Waals surface area contributed by atoms with Gasteiger partial charge >= 0.3 is 0 Å². The summed E-state index contributed by atoms with van der Waals surface area (Å²) < 4.78 is 8.08. The van der Waals surface area contributed by atoms with Crippen LogP contribution in [0.15, 0.2) is 42.9 Å². The van der Waals surface area contributed by atoms with Gasteiger partial charge in [-0.3, -0.25) is 4.79 Å². The van der Waals surface area contributed by atoms with E-state index in [9.17, 15) is 4.79 Å². The van der Waals surface area contributed by atoms with Crippen molar-refractivity contribution >= 4 is 17.4 Å². The Bertz CT molecular complexity index is 1250. The maximum atomic E-state index is 13.2. The molecule has 3 aromatic heterocycles. The SMILES string of the molecule is C[C@H]1CC2CN(C(=O)COC(c3cccc4ncnn34)C3CC3)CC1N2c1ccc(C#N)cn1. The summed E-state index contributed by atoms with van der Waals surface area (Å²) in [6.45, 7) is 3.63. The smallest absolute Gasteiger partial charge is 0.248 e. The molecule has 0 radical (unpaired) electrons. The van der Waals surface area contributed by atoms with Crippen LogP contribution in [-0.2, 0) is 9.53 Å². The molecule has 5 heterocycles. The van der Waals surface area contributed by atoms with Crippen LogP contribution in [0.25, 0.3) is 5.65 Å². The minimum atomic E-state index is -0.158. The molecule has 2 aliphatic heterocycles. The van der Waals surface area contributed by atoms with Gasteiger partial charge in [0.05, 0.1) is 17.3 Å².